The molecule has 0 heterocycles. The van der Waals surface area contributed by atoms with Crippen LogP contribution < -0.4 is 10.6 Å². The summed E-state index contributed by atoms with van der Waals surface area (Å²) in [5, 5.41) is 6.83. The number of nitrogens with one attached hydrogen (secondary N) is 2. The maximum absolute atomic E-state index is 4.09. The Morgan fingerprint density at radius 2 is 1.71 bits per heavy atom. The fourth-order valence-electron chi connectivity index (χ4n) is 1.73. The summed E-state index contributed by atoms with van der Waals surface area (Å²) in [6, 6.07) is 0.407. The van der Waals surface area contributed by atoms with E-state index in [2.05, 4.69) is 58.4 Å². The number of allylic oxidation sites excluding steroid dienone is 2. The van der Waals surface area contributed by atoms with Gasteiger partial charge in [-0.25, -0.2) is 0 Å². The van der Waals surface area contributed by atoms with Gasteiger partial charge >= 0.3 is 0 Å². The smallest absolute Gasteiger partial charge is 0.0453 e. The van der Waals surface area contributed by atoms with E-state index in [9.17, 15) is 0 Å². The van der Waals surface area contributed by atoms with Crippen LogP contribution in [-0.2, 0) is 0 Å². The molecule has 0 radical (unpaired) electrons. The molecule has 100 valence electrons. The minimum absolute atomic E-state index is 0.291. The Kier molecular flexibility index (Phi) is 6.36. The van der Waals surface area contributed by atoms with Crippen LogP contribution >= 0.6 is 0 Å². The highest BCUT2D eigenvalue weighted by Gasteiger charge is 2.15. The van der Waals surface area contributed by atoms with Crippen molar-refractivity contribution in [1.82, 2.24) is 10.6 Å². The van der Waals surface area contributed by atoms with Gasteiger partial charge in [0.05, 0.1) is 0 Å². The van der Waals surface area contributed by atoms with Crippen molar-refractivity contribution in [3.8, 4) is 0 Å². The van der Waals surface area contributed by atoms with Gasteiger partial charge in [0.2, 0.25) is 0 Å². The second-order valence-corrected chi connectivity index (χ2v) is 6.50. The molecule has 0 aliphatic carbocycles. The Hall–Kier alpha value is -0.920. The van der Waals surface area contributed by atoms with Crippen molar-refractivity contribution in [1.29, 1.82) is 0 Å². The van der Waals surface area contributed by atoms with Crippen LogP contribution in [0.2, 0.25) is 0 Å². The van der Waals surface area contributed by atoms with Gasteiger partial charge in [0.1, 0.15) is 0 Å². The van der Waals surface area contributed by atoms with Crippen molar-refractivity contribution in [3.05, 3.63) is 24.6 Å². The Morgan fingerprint density at radius 3 is 2.06 bits per heavy atom. The number of hydrogen-bond acceptors (Lipinski definition) is 2. The molecule has 0 aromatic rings. The van der Waals surface area contributed by atoms with Crippen molar-refractivity contribution in [3.63, 3.8) is 0 Å². The van der Waals surface area contributed by atoms with Gasteiger partial charge < -0.3 is 10.6 Å². The Bertz CT molecular complexity index is 259. The van der Waals surface area contributed by atoms with E-state index in [1.807, 2.05) is 6.92 Å². The van der Waals surface area contributed by atoms with Gasteiger partial charge in [-0.2, -0.15) is 0 Å². The van der Waals surface area contributed by atoms with Gasteiger partial charge in [-0.3, -0.25) is 0 Å². The molecule has 0 aromatic carbocycles. The first-order valence-corrected chi connectivity index (χ1v) is 6.45. The van der Waals surface area contributed by atoms with Crippen LogP contribution in [0.3, 0.4) is 0 Å². The van der Waals surface area contributed by atoms with Crippen LogP contribution in [0.15, 0.2) is 24.6 Å². The molecular formula is C15H30N2. The summed E-state index contributed by atoms with van der Waals surface area (Å²) in [7, 11) is 0. The molecular weight excluding hydrogens is 208 g/mol. The summed E-state index contributed by atoms with van der Waals surface area (Å²) in [6.07, 6.45) is 1.00. The molecule has 17 heavy (non-hydrogen) atoms. The third-order valence-electron chi connectivity index (χ3n) is 2.55. The topological polar surface area (TPSA) is 24.1 Å². The molecule has 0 aliphatic rings. The Labute approximate surface area is 108 Å². The average Bonchev–Trinajstić information content (AvgIpc) is 2.08. The average molecular weight is 238 g/mol. The third kappa shape index (κ3) is 8.84. The van der Waals surface area contributed by atoms with Gasteiger partial charge in [0, 0.05) is 24.0 Å². The highest BCUT2D eigenvalue weighted by Crippen LogP contribution is 2.21. The minimum Gasteiger partial charge on any atom is -0.387 e. The molecule has 1 unspecified atom stereocenters. The van der Waals surface area contributed by atoms with Crippen LogP contribution in [0.4, 0.5) is 0 Å². The first-order chi connectivity index (χ1) is 7.61. The summed E-state index contributed by atoms with van der Waals surface area (Å²) in [5.41, 5.74) is 2.43. The van der Waals surface area contributed by atoms with Gasteiger partial charge in [-0.1, -0.05) is 47.8 Å². The van der Waals surface area contributed by atoms with Crippen molar-refractivity contribution in [2.24, 2.45) is 11.3 Å². The lowest BCUT2D eigenvalue weighted by Crippen LogP contribution is -2.41. The van der Waals surface area contributed by atoms with Crippen LogP contribution in [0.5, 0.6) is 0 Å². The fourth-order valence-corrected chi connectivity index (χ4v) is 1.73. The zero-order chi connectivity index (χ0) is 13.6. The Balaban J connectivity index is 4.13. The molecule has 0 saturated carbocycles. The van der Waals surface area contributed by atoms with E-state index in [1.165, 1.54) is 0 Å². The summed E-state index contributed by atoms with van der Waals surface area (Å²) in [4.78, 5) is 0. The predicted molar refractivity (Wildman–Crippen MR) is 77.8 cm³/mol. The van der Waals surface area contributed by atoms with E-state index in [4.69, 9.17) is 0 Å². The lowest BCUT2D eigenvalue weighted by atomic mass is 9.91. The van der Waals surface area contributed by atoms with Gasteiger partial charge in [-0.05, 0) is 24.7 Å². The van der Waals surface area contributed by atoms with E-state index in [0.29, 0.717) is 17.4 Å². The first kappa shape index (κ1) is 16.1. The molecule has 0 aliphatic heterocycles. The second-order valence-electron chi connectivity index (χ2n) is 6.50. The zero-order valence-electron chi connectivity index (χ0n) is 12.5. The van der Waals surface area contributed by atoms with Crippen LogP contribution in [0, 0.1) is 11.3 Å². The fraction of sp³-hybridized carbons (Fsp3) is 0.733. The molecule has 2 N–H and O–H groups in total. The molecule has 0 saturated heterocycles. The molecule has 0 amide bonds. The molecule has 0 aromatic heterocycles. The summed E-state index contributed by atoms with van der Waals surface area (Å²) in [5.74, 6) is 0.571. The van der Waals surface area contributed by atoms with E-state index < -0.39 is 0 Å². The number of hydrogen-bond donors (Lipinski definition) is 2. The van der Waals surface area contributed by atoms with Crippen molar-refractivity contribution < 1.29 is 0 Å². The van der Waals surface area contributed by atoms with Crippen LogP contribution in [0.1, 0.15) is 48.0 Å². The van der Waals surface area contributed by atoms with E-state index in [0.717, 1.165) is 24.4 Å². The highest BCUT2D eigenvalue weighted by atomic mass is 15.0. The maximum atomic E-state index is 4.09. The molecule has 1 atom stereocenters. The lowest BCUT2D eigenvalue weighted by Gasteiger charge is -2.27. The summed E-state index contributed by atoms with van der Waals surface area (Å²) >= 11 is 0. The van der Waals surface area contributed by atoms with E-state index >= 15 is 0 Å². The zero-order valence-corrected chi connectivity index (χ0v) is 12.5. The molecule has 2 nitrogen and oxygen atoms in total. The van der Waals surface area contributed by atoms with E-state index in [1.54, 1.807) is 0 Å². The van der Waals surface area contributed by atoms with Crippen molar-refractivity contribution in [2.75, 3.05) is 6.54 Å². The largest absolute Gasteiger partial charge is 0.387 e. The second kappa shape index (κ2) is 6.73. The van der Waals surface area contributed by atoms with Gasteiger partial charge in [-0.15, -0.1) is 0 Å². The standard InChI is InChI=1S/C15H30N2/c1-11(2)14(17-12(3)4)10-16-13(5)9-15(6,7)8/h11,14,16-17H,3,5,9-10H2,1-2,4,6-8H3. The SMILES string of the molecule is C=C(C)NC(CNC(=C)CC(C)(C)C)C(C)C. The van der Waals surface area contributed by atoms with Crippen molar-refractivity contribution >= 4 is 0 Å². The highest BCUT2D eigenvalue weighted by molar-refractivity contribution is 4.98. The first-order valence-electron chi connectivity index (χ1n) is 6.45. The number of rotatable bonds is 7. The summed E-state index contributed by atoms with van der Waals surface area (Å²) in [6.45, 7) is 22.0. The van der Waals surface area contributed by atoms with Gasteiger partial charge in [0.25, 0.3) is 0 Å². The van der Waals surface area contributed by atoms with Gasteiger partial charge in [0.15, 0.2) is 0 Å². The van der Waals surface area contributed by atoms with Crippen LogP contribution in [0.25, 0.3) is 0 Å². The predicted octanol–water partition coefficient (Wildman–Crippen LogP) is 3.67. The maximum Gasteiger partial charge on any atom is 0.0453 e. The molecule has 0 fully saturated rings. The molecule has 0 spiro atoms. The molecule has 2 heteroatoms. The van der Waals surface area contributed by atoms with E-state index in [-0.39, 0.29) is 0 Å². The normalized spacial score (nSPS) is 13.4. The summed E-state index contributed by atoms with van der Waals surface area (Å²) < 4.78 is 0. The van der Waals surface area contributed by atoms with Crippen LogP contribution in [-0.4, -0.2) is 12.6 Å². The monoisotopic (exact) mass is 238 g/mol. The minimum atomic E-state index is 0.291. The quantitative estimate of drug-likeness (QED) is 0.707. The molecule has 0 rings (SSSR count). The molecule has 0 bridgehead atoms. The third-order valence-corrected chi connectivity index (χ3v) is 2.55. The lowest BCUT2D eigenvalue weighted by molar-refractivity contribution is 0.379. The Morgan fingerprint density at radius 1 is 1.18 bits per heavy atom. The van der Waals surface area contributed by atoms with Crippen molar-refractivity contribution in [2.45, 2.75) is 54.0 Å².